The Bertz CT molecular complexity index is 1490. The number of benzene rings is 2. The molecule has 0 saturated carbocycles. The van der Waals surface area contributed by atoms with Crippen LogP contribution in [-0.2, 0) is 27.3 Å². The molecule has 0 amide bonds. The van der Waals surface area contributed by atoms with Gasteiger partial charge in [0.15, 0.2) is 0 Å². The molecule has 0 spiro atoms. The van der Waals surface area contributed by atoms with E-state index in [-0.39, 0.29) is 0 Å². The van der Waals surface area contributed by atoms with Crippen molar-refractivity contribution in [3.05, 3.63) is 67.6 Å². The number of oxime groups is 2. The van der Waals surface area contributed by atoms with E-state index in [0.29, 0.717) is 59.7 Å². The van der Waals surface area contributed by atoms with E-state index < -0.39 is 16.1 Å². The van der Waals surface area contributed by atoms with Crippen molar-refractivity contribution in [3.63, 3.8) is 0 Å². The van der Waals surface area contributed by atoms with Crippen molar-refractivity contribution >= 4 is 59.4 Å². The lowest BCUT2D eigenvalue weighted by atomic mass is 10.1. The van der Waals surface area contributed by atoms with E-state index in [2.05, 4.69) is 185 Å². The van der Waals surface area contributed by atoms with Gasteiger partial charge in [0.25, 0.3) is 0 Å². The summed E-state index contributed by atoms with van der Waals surface area (Å²) in [7, 11) is -3.67. The highest BCUT2D eigenvalue weighted by atomic mass is 79.9. The van der Waals surface area contributed by atoms with E-state index in [9.17, 15) is 0 Å². The average Bonchev–Trinajstić information content (AvgIpc) is 3.06. The molecule has 0 N–H and O–H groups in total. The molecule has 2 aromatic carbocycles. The van der Waals surface area contributed by atoms with E-state index in [4.69, 9.17) is 14.4 Å². The number of hydrogen-bond donors (Lipinski definition) is 0. The molecule has 0 unspecified atom stereocenters. The number of rotatable bonds is 18. The number of hydrogen-bond acceptors (Lipinski definition) is 5. The van der Waals surface area contributed by atoms with Gasteiger partial charge in [-0.05, 0) is 82.5 Å². The summed E-state index contributed by atoms with van der Waals surface area (Å²) >= 11 is 7.29. The van der Waals surface area contributed by atoms with Crippen LogP contribution >= 0.6 is 31.9 Å². The van der Waals surface area contributed by atoms with Crippen molar-refractivity contribution in [2.45, 2.75) is 143 Å². The lowest BCUT2D eigenvalue weighted by molar-refractivity contribution is 0.136. The topological polar surface area (TPSA) is 52.4 Å². The molecule has 0 atom stereocenters. The molecular formula is C44H66Br2N2O3Si2. The highest BCUT2D eigenvalue weighted by Gasteiger charge is 2.42. The van der Waals surface area contributed by atoms with Crippen LogP contribution in [0.3, 0.4) is 0 Å². The molecule has 5 nitrogen and oxygen atoms in total. The third-order valence-electron chi connectivity index (χ3n) is 10.7. The van der Waals surface area contributed by atoms with Gasteiger partial charge in [-0.2, -0.15) is 0 Å². The Morgan fingerprint density at radius 2 is 0.887 bits per heavy atom. The molecule has 0 heterocycles. The fraction of sp³-hybridized carbons (Fsp3) is 0.591. The van der Waals surface area contributed by atoms with Gasteiger partial charge in [0.1, 0.15) is 29.4 Å². The van der Waals surface area contributed by atoms with E-state index >= 15 is 0 Å². The highest BCUT2D eigenvalue weighted by molar-refractivity contribution is 9.10. The van der Waals surface area contributed by atoms with Gasteiger partial charge < -0.3 is 14.4 Å². The van der Waals surface area contributed by atoms with Crippen molar-refractivity contribution in [2.24, 2.45) is 10.3 Å². The highest BCUT2D eigenvalue weighted by Crippen LogP contribution is 2.42. The zero-order chi connectivity index (χ0) is 39.9. The quantitative estimate of drug-likeness (QED) is 0.0493. The maximum atomic E-state index is 5.83. The van der Waals surface area contributed by atoms with Crippen molar-refractivity contribution in [3.8, 4) is 22.9 Å². The third-order valence-corrected chi connectivity index (χ3v) is 24.3. The molecule has 2 aromatic rings. The Labute approximate surface area is 342 Å². The van der Waals surface area contributed by atoms with Crippen LogP contribution in [0.1, 0.15) is 119 Å². The lowest BCUT2D eigenvalue weighted by Gasteiger charge is -2.38. The predicted molar refractivity (Wildman–Crippen MR) is 240 cm³/mol. The third kappa shape index (κ3) is 13.5. The largest absolute Gasteiger partial charge is 0.395 e. The van der Waals surface area contributed by atoms with Crippen LogP contribution in [0.2, 0.25) is 33.2 Å². The Kier molecular flexibility index (Phi) is 19.9. The van der Waals surface area contributed by atoms with Crippen LogP contribution in [0.25, 0.3) is 0 Å². The summed E-state index contributed by atoms with van der Waals surface area (Å²) in [5.74, 6) is 7.24. The van der Waals surface area contributed by atoms with Gasteiger partial charge in [0.05, 0.1) is 24.6 Å². The fourth-order valence-electron chi connectivity index (χ4n) is 8.01. The van der Waals surface area contributed by atoms with Crippen molar-refractivity contribution in [1.29, 1.82) is 0 Å². The summed E-state index contributed by atoms with van der Waals surface area (Å²) in [5.41, 5.74) is 17.3. The second-order valence-corrected chi connectivity index (χ2v) is 29.2. The minimum atomic E-state index is -1.83. The smallest absolute Gasteiger partial charge is 0.146 e. The fourth-order valence-corrected chi connectivity index (χ4v) is 19.2. The Balaban J connectivity index is 1.93. The molecule has 9 heteroatoms. The summed E-state index contributed by atoms with van der Waals surface area (Å²) in [6, 6.07) is 12.7. The summed E-state index contributed by atoms with van der Waals surface area (Å²) in [5, 5.41) is 8.58. The Morgan fingerprint density at radius 3 is 1.19 bits per heavy atom. The zero-order valence-corrected chi connectivity index (χ0v) is 40.2. The van der Waals surface area contributed by atoms with E-state index in [1.165, 1.54) is 11.1 Å². The molecule has 0 aliphatic heterocycles. The van der Waals surface area contributed by atoms with E-state index in [1.807, 2.05) is 13.8 Å². The van der Waals surface area contributed by atoms with Crippen molar-refractivity contribution in [1.82, 2.24) is 0 Å². The number of ether oxygens (including phenoxy) is 1. The first kappa shape index (κ1) is 47.0. The summed E-state index contributed by atoms with van der Waals surface area (Å²) in [4.78, 5) is 11.4. The molecule has 0 radical (unpaired) electrons. The van der Waals surface area contributed by atoms with Crippen LogP contribution in [0, 0.1) is 22.9 Å². The van der Waals surface area contributed by atoms with Crippen molar-refractivity contribution < 1.29 is 14.4 Å². The van der Waals surface area contributed by atoms with Crippen LogP contribution < -0.4 is 0 Å². The molecule has 0 fully saturated rings. The van der Waals surface area contributed by atoms with Gasteiger partial charge in [-0.1, -0.05) is 149 Å². The van der Waals surface area contributed by atoms with Gasteiger partial charge in [0.2, 0.25) is 0 Å². The molecule has 0 saturated heterocycles. The maximum absolute atomic E-state index is 5.83. The molecule has 53 heavy (non-hydrogen) atoms. The lowest BCUT2D eigenvalue weighted by Crippen LogP contribution is -2.43. The summed E-state index contributed by atoms with van der Waals surface area (Å²) in [6.45, 7) is 33.6. The standard InChI is InChI=1S/C44H66Br2N2O3Si2/c1-31(2)52(32(3)4,33(5)6)25-21-41-27-43(45)17-15-39(41)19-23-50-47-37(13)29-49-30-38(14)48-51-24-20-40-16-18-44(46)28-42(40)22-26-53(34(7)8,35(9)10)36(11)12/h15-18,27-28,31-36H,19-20,23-24,29-30H2,1-14H3. The van der Waals surface area contributed by atoms with Gasteiger partial charge in [0, 0.05) is 32.9 Å². The molecule has 2 rings (SSSR count). The van der Waals surface area contributed by atoms with E-state index in [0.717, 1.165) is 44.3 Å². The minimum Gasteiger partial charge on any atom is -0.395 e. The van der Waals surface area contributed by atoms with Gasteiger partial charge in [-0.25, -0.2) is 0 Å². The molecule has 292 valence electrons. The first-order chi connectivity index (χ1) is 24.9. The Morgan fingerprint density at radius 1 is 0.566 bits per heavy atom. The number of halogens is 2. The zero-order valence-electron chi connectivity index (χ0n) is 35.0. The van der Waals surface area contributed by atoms with E-state index in [1.54, 1.807) is 0 Å². The predicted octanol–water partition coefficient (Wildman–Crippen LogP) is 12.9. The monoisotopic (exact) mass is 884 g/mol. The second-order valence-electron chi connectivity index (χ2n) is 16.2. The number of nitrogens with zero attached hydrogens (tertiary/aromatic N) is 2. The van der Waals surface area contributed by atoms with Crippen LogP contribution in [0.5, 0.6) is 0 Å². The average molecular weight is 887 g/mol. The normalized spacial score (nSPS) is 12.9. The SMILES string of the molecule is CC(COCC(C)=NOCCc1ccc(Br)cc1C#C[Si](C(C)C)(C(C)C)C(C)C)=NOCCc1ccc(Br)cc1C#C[Si](C(C)C)(C(C)C)C(C)C. The molecule has 0 bridgehead atoms. The van der Waals surface area contributed by atoms with Crippen molar-refractivity contribution in [2.75, 3.05) is 26.4 Å². The first-order valence-corrected chi connectivity index (χ1v) is 25.4. The second kappa shape index (κ2) is 22.4. The molecular weight excluding hydrogens is 820 g/mol. The summed E-state index contributed by atoms with van der Waals surface area (Å²) in [6.07, 6.45) is 1.45. The van der Waals surface area contributed by atoms with Gasteiger partial charge in [-0.15, -0.1) is 11.1 Å². The van der Waals surface area contributed by atoms with Gasteiger partial charge >= 0.3 is 0 Å². The maximum Gasteiger partial charge on any atom is 0.146 e. The van der Waals surface area contributed by atoms with Crippen LogP contribution in [0.15, 0.2) is 55.7 Å². The van der Waals surface area contributed by atoms with Crippen LogP contribution in [0.4, 0.5) is 0 Å². The van der Waals surface area contributed by atoms with Gasteiger partial charge in [-0.3, -0.25) is 0 Å². The summed E-state index contributed by atoms with van der Waals surface area (Å²) < 4.78 is 7.91. The first-order valence-electron chi connectivity index (χ1n) is 19.4. The molecule has 0 aromatic heterocycles. The Hall–Kier alpha value is -2.15. The molecule has 0 aliphatic rings. The minimum absolute atomic E-state index is 0.350. The van der Waals surface area contributed by atoms with Crippen LogP contribution in [-0.4, -0.2) is 54.0 Å². The molecule has 0 aliphatic carbocycles.